The van der Waals surface area contributed by atoms with Gasteiger partial charge in [0.15, 0.2) is 6.61 Å². The molecule has 144 valence electrons. The Hall–Kier alpha value is -2.70. The molecule has 0 aromatic heterocycles. The third-order valence-electron chi connectivity index (χ3n) is 5.24. The van der Waals surface area contributed by atoms with Crippen molar-refractivity contribution in [1.82, 2.24) is 10.2 Å². The third-order valence-corrected chi connectivity index (χ3v) is 5.24. The zero-order valence-electron chi connectivity index (χ0n) is 15.4. The second kappa shape index (κ2) is 8.33. The number of nitrogens with zero attached hydrogens (tertiary/aromatic N) is 1. The average molecular weight is 372 g/mol. The molecule has 1 aliphatic carbocycles. The second-order valence-corrected chi connectivity index (χ2v) is 7.22. The van der Waals surface area contributed by atoms with Gasteiger partial charge >= 0.3 is 5.97 Å². The van der Waals surface area contributed by atoms with Gasteiger partial charge in [0.25, 0.3) is 11.8 Å². The van der Waals surface area contributed by atoms with Crippen molar-refractivity contribution in [3.05, 3.63) is 35.4 Å². The molecule has 0 unspecified atom stereocenters. The standard InChI is InChI=1S/C20H24N2O5/c1-13-6-2-5-9-16(13)21-17(23)12-27-19(25)11-22-18(24)10-14-7-3-4-8-15(14)20(22)26/h3-4,7-8,13,16H,2,5-6,9-12H2,1H3,(H,21,23)/t13-,16-/m0/s1. The van der Waals surface area contributed by atoms with Crippen LogP contribution in [0.5, 0.6) is 0 Å². The molecule has 1 fully saturated rings. The van der Waals surface area contributed by atoms with Crippen LogP contribution >= 0.6 is 0 Å². The molecule has 7 heteroatoms. The molecule has 3 rings (SSSR count). The fourth-order valence-electron chi connectivity index (χ4n) is 3.66. The first-order valence-corrected chi connectivity index (χ1v) is 9.33. The minimum atomic E-state index is -0.775. The monoisotopic (exact) mass is 372 g/mol. The van der Waals surface area contributed by atoms with Crippen molar-refractivity contribution in [3.63, 3.8) is 0 Å². The van der Waals surface area contributed by atoms with Crippen LogP contribution in [0.4, 0.5) is 0 Å². The molecule has 27 heavy (non-hydrogen) atoms. The van der Waals surface area contributed by atoms with Crippen LogP contribution in [0.3, 0.4) is 0 Å². The van der Waals surface area contributed by atoms with Gasteiger partial charge in [0, 0.05) is 11.6 Å². The highest BCUT2D eigenvalue weighted by Crippen LogP contribution is 2.23. The molecule has 2 aliphatic rings. The molecule has 3 amide bonds. The van der Waals surface area contributed by atoms with Gasteiger partial charge in [-0.2, -0.15) is 0 Å². The van der Waals surface area contributed by atoms with E-state index in [1.165, 1.54) is 6.42 Å². The Morgan fingerprint density at radius 2 is 1.93 bits per heavy atom. The van der Waals surface area contributed by atoms with E-state index in [0.717, 1.165) is 24.2 Å². The van der Waals surface area contributed by atoms with Crippen LogP contribution in [0.2, 0.25) is 0 Å². The van der Waals surface area contributed by atoms with E-state index < -0.39 is 30.9 Å². The van der Waals surface area contributed by atoms with Crippen molar-refractivity contribution in [1.29, 1.82) is 0 Å². The molecule has 1 heterocycles. The van der Waals surface area contributed by atoms with Crippen molar-refractivity contribution >= 4 is 23.7 Å². The van der Waals surface area contributed by atoms with Crippen LogP contribution in [0.25, 0.3) is 0 Å². The van der Waals surface area contributed by atoms with Crippen molar-refractivity contribution in [3.8, 4) is 0 Å². The highest BCUT2D eigenvalue weighted by molar-refractivity contribution is 6.11. The first kappa shape index (κ1) is 19.1. The van der Waals surface area contributed by atoms with E-state index in [1.807, 2.05) is 0 Å². The zero-order valence-corrected chi connectivity index (χ0v) is 15.4. The van der Waals surface area contributed by atoms with Gasteiger partial charge in [-0.05, 0) is 30.4 Å². The van der Waals surface area contributed by atoms with E-state index in [2.05, 4.69) is 12.2 Å². The van der Waals surface area contributed by atoms with E-state index in [0.29, 0.717) is 17.0 Å². The molecular formula is C20H24N2O5. The number of carbonyl (C=O) groups is 4. The number of nitrogens with one attached hydrogen (secondary N) is 1. The van der Waals surface area contributed by atoms with E-state index in [4.69, 9.17) is 4.74 Å². The van der Waals surface area contributed by atoms with Crippen LogP contribution < -0.4 is 5.32 Å². The topological polar surface area (TPSA) is 92.8 Å². The summed E-state index contributed by atoms with van der Waals surface area (Å²) in [6.45, 7) is 1.20. The maximum absolute atomic E-state index is 12.4. The van der Waals surface area contributed by atoms with Crippen molar-refractivity contribution in [2.45, 2.75) is 45.1 Å². The van der Waals surface area contributed by atoms with E-state index in [9.17, 15) is 19.2 Å². The summed E-state index contributed by atoms with van der Waals surface area (Å²) in [6.07, 6.45) is 4.32. The van der Waals surface area contributed by atoms with Gasteiger partial charge in [0.05, 0.1) is 6.42 Å². The quantitative estimate of drug-likeness (QED) is 0.624. The van der Waals surface area contributed by atoms with Crippen LogP contribution in [0.1, 0.15) is 48.5 Å². The third kappa shape index (κ3) is 4.53. The van der Waals surface area contributed by atoms with E-state index in [1.54, 1.807) is 24.3 Å². The van der Waals surface area contributed by atoms with Gasteiger partial charge in [0.1, 0.15) is 6.54 Å². The molecule has 1 aromatic rings. The molecule has 0 bridgehead atoms. The number of benzene rings is 1. The van der Waals surface area contributed by atoms with Crippen molar-refractivity contribution in [2.75, 3.05) is 13.2 Å². The summed E-state index contributed by atoms with van der Waals surface area (Å²) in [7, 11) is 0. The van der Waals surface area contributed by atoms with Gasteiger partial charge in [-0.25, -0.2) is 0 Å². The van der Waals surface area contributed by atoms with Crippen LogP contribution in [-0.2, 0) is 25.5 Å². The second-order valence-electron chi connectivity index (χ2n) is 7.22. The zero-order chi connectivity index (χ0) is 19.4. The van der Waals surface area contributed by atoms with E-state index >= 15 is 0 Å². The fourth-order valence-corrected chi connectivity index (χ4v) is 3.66. The van der Waals surface area contributed by atoms with E-state index in [-0.39, 0.29) is 18.4 Å². The van der Waals surface area contributed by atoms with Crippen LogP contribution in [-0.4, -0.2) is 47.8 Å². The molecule has 0 radical (unpaired) electrons. The number of hydrogen-bond donors (Lipinski definition) is 1. The molecule has 7 nitrogen and oxygen atoms in total. The number of esters is 1. The Balaban J connectivity index is 1.50. The minimum absolute atomic E-state index is 0.0647. The van der Waals surface area contributed by atoms with Crippen molar-refractivity contribution in [2.24, 2.45) is 5.92 Å². The lowest BCUT2D eigenvalue weighted by Gasteiger charge is -2.29. The first-order chi connectivity index (χ1) is 13.0. The highest BCUT2D eigenvalue weighted by Gasteiger charge is 2.32. The number of hydrogen-bond acceptors (Lipinski definition) is 5. The summed E-state index contributed by atoms with van der Waals surface area (Å²) in [5, 5.41) is 2.89. The fraction of sp³-hybridized carbons (Fsp3) is 0.500. The number of carbonyl (C=O) groups excluding carboxylic acids is 4. The lowest BCUT2D eigenvalue weighted by Crippen LogP contribution is -2.46. The van der Waals surface area contributed by atoms with Crippen molar-refractivity contribution < 1.29 is 23.9 Å². The lowest BCUT2D eigenvalue weighted by atomic mass is 9.86. The normalized spacial score (nSPS) is 22.2. The number of rotatable bonds is 5. The van der Waals surface area contributed by atoms with Crippen LogP contribution in [0.15, 0.2) is 24.3 Å². The van der Waals surface area contributed by atoms with Gasteiger partial charge in [-0.1, -0.05) is 38.0 Å². The molecule has 2 atom stereocenters. The summed E-state index contributed by atoms with van der Waals surface area (Å²) in [4.78, 5) is 49.5. The molecular weight excluding hydrogens is 348 g/mol. The Kier molecular flexibility index (Phi) is 5.88. The Morgan fingerprint density at radius 1 is 1.19 bits per heavy atom. The average Bonchev–Trinajstić information content (AvgIpc) is 2.65. The lowest BCUT2D eigenvalue weighted by molar-refractivity contribution is -0.151. The summed E-state index contributed by atoms with van der Waals surface area (Å²) in [5.74, 6) is -1.69. The number of imide groups is 1. The summed E-state index contributed by atoms with van der Waals surface area (Å²) in [5.41, 5.74) is 1.06. The summed E-state index contributed by atoms with van der Waals surface area (Å²) >= 11 is 0. The SMILES string of the molecule is C[C@H]1CCCC[C@@H]1NC(=O)COC(=O)CN1C(=O)Cc2ccccc2C1=O. The maximum atomic E-state index is 12.4. The summed E-state index contributed by atoms with van der Waals surface area (Å²) in [6, 6.07) is 6.92. The number of ether oxygens (including phenoxy) is 1. The van der Waals surface area contributed by atoms with Gasteiger partial charge in [0.2, 0.25) is 5.91 Å². The Labute approximate surface area is 158 Å². The predicted octanol–water partition coefficient (Wildman–Crippen LogP) is 1.45. The van der Waals surface area contributed by atoms with Gasteiger partial charge < -0.3 is 10.1 Å². The molecule has 1 aliphatic heterocycles. The highest BCUT2D eigenvalue weighted by atomic mass is 16.5. The molecule has 1 saturated carbocycles. The smallest absolute Gasteiger partial charge is 0.326 e. The van der Waals surface area contributed by atoms with Crippen LogP contribution in [0, 0.1) is 5.92 Å². The molecule has 1 N–H and O–H groups in total. The Morgan fingerprint density at radius 3 is 2.70 bits per heavy atom. The largest absolute Gasteiger partial charge is 0.454 e. The Bertz CT molecular complexity index is 760. The molecule has 0 saturated heterocycles. The van der Waals surface area contributed by atoms with Gasteiger partial charge in [-0.3, -0.25) is 24.1 Å². The number of fused-ring (bicyclic) bond motifs is 1. The molecule has 0 spiro atoms. The molecule has 1 aromatic carbocycles. The first-order valence-electron chi connectivity index (χ1n) is 9.33. The summed E-state index contributed by atoms with van der Waals surface area (Å²) < 4.78 is 4.97. The maximum Gasteiger partial charge on any atom is 0.326 e. The minimum Gasteiger partial charge on any atom is -0.454 e. The predicted molar refractivity (Wildman–Crippen MR) is 96.7 cm³/mol. The number of amides is 3. The van der Waals surface area contributed by atoms with Gasteiger partial charge in [-0.15, -0.1) is 0 Å².